The molecule has 0 saturated carbocycles. The van der Waals surface area contributed by atoms with Crippen molar-refractivity contribution in [3.63, 3.8) is 0 Å². The van der Waals surface area contributed by atoms with Gasteiger partial charge in [-0.05, 0) is 49.2 Å². The molecule has 1 aliphatic heterocycles. The number of likely N-dealkylation sites (tertiary alicyclic amines) is 1. The minimum atomic E-state index is -3.66. The maximum absolute atomic E-state index is 12.8. The second-order valence-corrected chi connectivity index (χ2v) is 9.08. The molecule has 2 aromatic carbocycles. The van der Waals surface area contributed by atoms with Crippen molar-refractivity contribution in [2.75, 3.05) is 13.1 Å². The first-order valence-electron chi connectivity index (χ1n) is 9.13. The van der Waals surface area contributed by atoms with E-state index in [0.717, 1.165) is 36.9 Å². The molecular weight excluding hydrogens is 380 g/mol. The Labute approximate surface area is 163 Å². The molecule has 142 valence electrons. The molecule has 0 bridgehead atoms. The molecule has 8 heteroatoms. The van der Waals surface area contributed by atoms with Crippen molar-refractivity contribution in [2.45, 2.75) is 37.2 Å². The van der Waals surface area contributed by atoms with E-state index in [9.17, 15) is 8.42 Å². The van der Waals surface area contributed by atoms with Crippen LogP contribution < -0.4 is 4.72 Å². The predicted octanol–water partition coefficient (Wildman–Crippen LogP) is 3.16. The summed E-state index contributed by atoms with van der Waals surface area (Å²) in [6.45, 7) is 3.35. The van der Waals surface area contributed by atoms with Gasteiger partial charge in [0.2, 0.25) is 10.0 Å². The number of sulfonamides is 1. The Morgan fingerprint density at radius 3 is 2.56 bits per heavy atom. The van der Waals surface area contributed by atoms with Gasteiger partial charge in [-0.1, -0.05) is 36.8 Å². The van der Waals surface area contributed by atoms with E-state index < -0.39 is 10.0 Å². The molecule has 1 saturated heterocycles. The lowest BCUT2D eigenvalue weighted by atomic mass is 10.1. The Hall–Kier alpha value is -1.87. The summed E-state index contributed by atoms with van der Waals surface area (Å²) in [5, 5.41) is 0. The third kappa shape index (κ3) is 4.19. The lowest BCUT2D eigenvalue weighted by Crippen LogP contribution is -2.30. The van der Waals surface area contributed by atoms with Crippen molar-refractivity contribution in [3.8, 4) is 0 Å². The Bertz CT molecular complexity index is 1030. The van der Waals surface area contributed by atoms with Crippen molar-refractivity contribution in [3.05, 3.63) is 53.6 Å². The van der Waals surface area contributed by atoms with Crippen LogP contribution in [0.2, 0.25) is 0 Å². The maximum Gasteiger partial charge on any atom is 0.243 e. The third-order valence-electron chi connectivity index (χ3n) is 4.95. The largest absolute Gasteiger partial charge is 0.299 e. The molecular formula is C19H22N4O2S2. The van der Waals surface area contributed by atoms with Gasteiger partial charge in [-0.2, -0.15) is 8.75 Å². The summed E-state index contributed by atoms with van der Waals surface area (Å²) in [5.41, 5.74) is 3.22. The van der Waals surface area contributed by atoms with E-state index in [0.29, 0.717) is 11.0 Å². The fourth-order valence-electron chi connectivity index (χ4n) is 3.49. The van der Waals surface area contributed by atoms with Crippen LogP contribution in [0.5, 0.6) is 0 Å². The molecule has 1 N–H and O–H groups in total. The average molecular weight is 403 g/mol. The SMILES string of the molecule is O=S(=O)(NCc1ccccc1CN1CCCCC1)c1cccc2nsnc12. The molecule has 27 heavy (non-hydrogen) atoms. The second kappa shape index (κ2) is 8.02. The molecule has 1 fully saturated rings. The summed E-state index contributed by atoms with van der Waals surface area (Å²) in [7, 11) is -3.66. The minimum Gasteiger partial charge on any atom is -0.299 e. The average Bonchev–Trinajstić information content (AvgIpc) is 3.17. The molecule has 1 aromatic heterocycles. The second-order valence-electron chi connectivity index (χ2n) is 6.82. The van der Waals surface area contributed by atoms with Gasteiger partial charge in [0.05, 0.1) is 11.7 Å². The number of piperidine rings is 1. The zero-order valence-corrected chi connectivity index (χ0v) is 16.6. The van der Waals surface area contributed by atoms with Crippen LogP contribution in [0.4, 0.5) is 0 Å². The number of nitrogens with one attached hydrogen (secondary N) is 1. The summed E-state index contributed by atoms with van der Waals surface area (Å²) >= 11 is 1.02. The summed E-state index contributed by atoms with van der Waals surface area (Å²) in [4.78, 5) is 2.63. The zero-order valence-electron chi connectivity index (χ0n) is 15.0. The van der Waals surface area contributed by atoms with Crippen LogP contribution >= 0.6 is 11.7 Å². The van der Waals surface area contributed by atoms with Gasteiger partial charge in [-0.15, -0.1) is 0 Å². The number of hydrogen-bond donors (Lipinski definition) is 1. The molecule has 0 amide bonds. The molecule has 6 nitrogen and oxygen atoms in total. The lowest BCUT2D eigenvalue weighted by Gasteiger charge is -2.27. The first kappa shape index (κ1) is 18.5. The number of rotatable bonds is 6. The standard InChI is InChI=1S/C19H22N4O2S2/c24-27(25,18-10-6-9-17-19(18)22-26-21-17)20-13-15-7-2-3-8-16(15)14-23-11-4-1-5-12-23/h2-3,6-10,20H,1,4-5,11-14H2. The van der Waals surface area contributed by atoms with Crippen LogP contribution in [0.15, 0.2) is 47.4 Å². The summed E-state index contributed by atoms with van der Waals surface area (Å²) in [5.74, 6) is 0. The maximum atomic E-state index is 12.8. The summed E-state index contributed by atoms with van der Waals surface area (Å²) in [6.07, 6.45) is 3.77. The molecule has 1 aliphatic rings. The molecule has 0 radical (unpaired) electrons. The fourth-order valence-corrected chi connectivity index (χ4v) is 5.26. The quantitative estimate of drug-likeness (QED) is 0.685. The zero-order chi connectivity index (χ0) is 18.7. The van der Waals surface area contributed by atoms with E-state index in [4.69, 9.17) is 0 Å². The van der Waals surface area contributed by atoms with E-state index in [1.54, 1.807) is 18.2 Å². The molecule has 4 rings (SSSR count). The smallest absolute Gasteiger partial charge is 0.243 e. The molecule has 0 unspecified atom stereocenters. The Balaban J connectivity index is 1.52. The minimum absolute atomic E-state index is 0.183. The van der Waals surface area contributed by atoms with E-state index >= 15 is 0 Å². The Kier molecular flexibility index (Phi) is 5.49. The van der Waals surface area contributed by atoms with Crippen LogP contribution in [0.1, 0.15) is 30.4 Å². The normalized spacial score (nSPS) is 16.0. The van der Waals surface area contributed by atoms with Gasteiger partial charge in [0, 0.05) is 13.1 Å². The molecule has 2 heterocycles. The number of hydrogen-bond acceptors (Lipinski definition) is 6. The lowest BCUT2D eigenvalue weighted by molar-refractivity contribution is 0.220. The molecule has 0 spiro atoms. The van der Waals surface area contributed by atoms with E-state index in [1.165, 1.54) is 24.8 Å². The monoisotopic (exact) mass is 402 g/mol. The van der Waals surface area contributed by atoms with Gasteiger partial charge >= 0.3 is 0 Å². The highest BCUT2D eigenvalue weighted by molar-refractivity contribution is 7.89. The number of aromatic nitrogens is 2. The van der Waals surface area contributed by atoms with Crippen LogP contribution in [-0.4, -0.2) is 35.2 Å². The number of nitrogens with zero attached hydrogens (tertiary/aromatic N) is 3. The number of benzene rings is 2. The predicted molar refractivity (Wildman–Crippen MR) is 107 cm³/mol. The van der Waals surface area contributed by atoms with E-state index in [2.05, 4.69) is 24.4 Å². The highest BCUT2D eigenvalue weighted by Gasteiger charge is 2.20. The fraction of sp³-hybridized carbons (Fsp3) is 0.368. The van der Waals surface area contributed by atoms with Crippen molar-refractivity contribution in [2.24, 2.45) is 0 Å². The van der Waals surface area contributed by atoms with E-state index in [1.807, 2.05) is 18.2 Å². The van der Waals surface area contributed by atoms with Crippen LogP contribution in [-0.2, 0) is 23.1 Å². The first-order chi connectivity index (χ1) is 13.1. The topological polar surface area (TPSA) is 75.2 Å². The van der Waals surface area contributed by atoms with Gasteiger partial charge in [0.25, 0.3) is 0 Å². The highest BCUT2D eigenvalue weighted by Crippen LogP contribution is 2.22. The molecule has 0 atom stereocenters. The molecule has 0 aliphatic carbocycles. The van der Waals surface area contributed by atoms with Gasteiger partial charge < -0.3 is 0 Å². The van der Waals surface area contributed by atoms with E-state index in [-0.39, 0.29) is 11.4 Å². The van der Waals surface area contributed by atoms with Gasteiger partial charge in [-0.25, -0.2) is 13.1 Å². The number of fused-ring (bicyclic) bond motifs is 1. The van der Waals surface area contributed by atoms with Crippen LogP contribution in [0, 0.1) is 0 Å². The van der Waals surface area contributed by atoms with Gasteiger partial charge in [0.1, 0.15) is 15.9 Å². The first-order valence-corrected chi connectivity index (χ1v) is 11.3. The summed E-state index contributed by atoms with van der Waals surface area (Å²) < 4.78 is 36.7. The third-order valence-corrected chi connectivity index (χ3v) is 6.93. The molecule has 3 aromatic rings. The van der Waals surface area contributed by atoms with Crippen molar-refractivity contribution in [1.82, 2.24) is 18.4 Å². The highest BCUT2D eigenvalue weighted by atomic mass is 32.2. The Morgan fingerprint density at radius 1 is 0.963 bits per heavy atom. The van der Waals surface area contributed by atoms with Crippen molar-refractivity contribution in [1.29, 1.82) is 0 Å². The van der Waals surface area contributed by atoms with Crippen LogP contribution in [0.25, 0.3) is 11.0 Å². The van der Waals surface area contributed by atoms with Gasteiger partial charge in [-0.3, -0.25) is 4.90 Å². The van der Waals surface area contributed by atoms with Crippen molar-refractivity contribution < 1.29 is 8.42 Å². The van der Waals surface area contributed by atoms with Crippen molar-refractivity contribution >= 4 is 32.8 Å². The summed E-state index contributed by atoms with van der Waals surface area (Å²) in [6, 6.07) is 13.1. The Morgan fingerprint density at radius 2 is 1.74 bits per heavy atom. The van der Waals surface area contributed by atoms with Crippen LogP contribution in [0.3, 0.4) is 0 Å². The van der Waals surface area contributed by atoms with Gasteiger partial charge in [0.15, 0.2) is 0 Å².